The van der Waals surface area contributed by atoms with Crippen molar-refractivity contribution in [1.82, 2.24) is 4.57 Å². The molecule has 0 aliphatic rings. The number of hydrogen-bond donors (Lipinski definition) is 0. The highest BCUT2D eigenvalue weighted by Crippen LogP contribution is 2.34. The van der Waals surface area contributed by atoms with Crippen LogP contribution in [0.1, 0.15) is 50.7 Å². The van der Waals surface area contributed by atoms with Crippen LogP contribution in [0.25, 0.3) is 22.4 Å². The molecule has 0 N–H and O–H groups in total. The molecule has 0 saturated carbocycles. The minimum atomic E-state index is 0.434. The van der Waals surface area contributed by atoms with E-state index in [9.17, 15) is 0 Å². The molecular formula is C31H31N2S+. The average molecular weight is 464 g/mol. The average Bonchev–Trinajstić information content (AvgIpc) is 3.24. The standard InChI is InChI=1S/C31H31N2S/c1-22(2)25-15-12-16-26(23(3)4)31(25)33-21-32(27-17-8-9-18-28(27)33)29-19-10-11-20-30(29)34-24-13-6-5-7-14-24/h5-23H,1-4H3/q+1. The van der Waals surface area contributed by atoms with Crippen molar-refractivity contribution >= 4 is 22.8 Å². The van der Waals surface area contributed by atoms with E-state index in [4.69, 9.17) is 0 Å². The van der Waals surface area contributed by atoms with E-state index in [2.05, 4.69) is 140 Å². The van der Waals surface area contributed by atoms with Gasteiger partial charge in [0.25, 0.3) is 6.33 Å². The first-order chi connectivity index (χ1) is 16.5. The van der Waals surface area contributed by atoms with E-state index in [0.29, 0.717) is 11.8 Å². The van der Waals surface area contributed by atoms with E-state index in [1.165, 1.54) is 43.3 Å². The molecular weight excluding hydrogens is 432 g/mol. The van der Waals surface area contributed by atoms with Crippen LogP contribution in [0.3, 0.4) is 0 Å². The van der Waals surface area contributed by atoms with Crippen molar-refractivity contribution in [3.63, 3.8) is 0 Å². The maximum Gasteiger partial charge on any atom is 0.255 e. The van der Waals surface area contributed by atoms with Gasteiger partial charge in [0.15, 0.2) is 11.0 Å². The first-order valence-electron chi connectivity index (χ1n) is 12.0. The Morgan fingerprint density at radius 2 is 1.26 bits per heavy atom. The molecule has 0 saturated heterocycles. The molecule has 4 aromatic carbocycles. The highest BCUT2D eigenvalue weighted by molar-refractivity contribution is 7.99. The predicted octanol–water partition coefficient (Wildman–Crippen LogP) is 8.31. The topological polar surface area (TPSA) is 8.81 Å². The van der Waals surface area contributed by atoms with Crippen LogP contribution in [0.15, 0.2) is 113 Å². The molecule has 34 heavy (non-hydrogen) atoms. The molecule has 170 valence electrons. The van der Waals surface area contributed by atoms with Gasteiger partial charge < -0.3 is 0 Å². The fourth-order valence-electron chi connectivity index (χ4n) is 4.63. The van der Waals surface area contributed by atoms with Gasteiger partial charge in [0.1, 0.15) is 11.4 Å². The Hall–Kier alpha value is -3.30. The van der Waals surface area contributed by atoms with E-state index < -0.39 is 0 Å². The van der Waals surface area contributed by atoms with Gasteiger partial charge in [0, 0.05) is 16.0 Å². The van der Waals surface area contributed by atoms with Crippen molar-refractivity contribution in [2.24, 2.45) is 0 Å². The summed E-state index contributed by atoms with van der Waals surface area (Å²) in [5.74, 6) is 0.869. The lowest BCUT2D eigenvalue weighted by atomic mass is 9.92. The summed E-state index contributed by atoms with van der Waals surface area (Å²) in [7, 11) is 0. The number of rotatable bonds is 6. The maximum absolute atomic E-state index is 2.41. The SMILES string of the molecule is CC(C)c1cccc(C(C)C)c1-[n+]1cn(-c2ccccc2Sc2ccccc2)c2ccccc21. The van der Waals surface area contributed by atoms with Crippen molar-refractivity contribution in [1.29, 1.82) is 0 Å². The van der Waals surface area contributed by atoms with Crippen molar-refractivity contribution in [3.8, 4) is 11.4 Å². The van der Waals surface area contributed by atoms with Crippen LogP contribution in [-0.2, 0) is 0 Å². The van der Waals surface area contributed by atoms with Crippen LogP contribution >= 0.6 is 11.8 Å². The molecule has 3 heteroatoms. The Bertz CT molecular complexity index is 1400. The third-order valence-corrected chi connectivity index (χ3v) is 7.38. The monoisotopic (exact) mass is 463 g/mol. The Kier molecular flexibility index (Phi) is 6.30. The second kappa shape index (κ2) is 9.52. The zero-order valence-electron chi connectivity index (χ0n) is 20.3. The largest absolute Gasteiger partial charge is 0.255 e. The molecule has 2 nitrogen and oxygen atoms in total. The number of aromatic nitrogens is 2. The van der Waals surface area contributed by atoms with Crippen LogP contribution in [0.5, 0.6) is 0 Å². The fourth-order valence-corrected chi connectivity index (χ4v) is 5.59. The molecule has 5 rings (SSSR count). The molecule has 0 aliphatic carbocycles. The van der Waals surface area contributed by atoms with Gasteiger partial charge in [-0.3, -0.25) is 0 Å². The van der Waals surface area contributed by atoms with Crippen LogP contribution in [0.4, 0.5) is 0 Å². The predicted molar refractivity (Wildman–Crippen MR) is 144 cm³/mol. The summed E-state index contributed by atoms with van der Waals surface area (Å²) in [4.78, 5) is 2.48. The number of imidazole rings is 1. The molecule has 0 radical (unpaired) electrons. The molecule has 0 atom stereocenters. The molecule has 0 unspecified atom stereocenters. The van der Waals surface area contributed by atoms with Gasteiger partial charge in [-0.1, -0.05) is 100 Å². The van der Waals surface area contributed by atoms with Crippen molar-refractivity contribution in [2.45, 2.75) is 49.3 Å². The van der Waals surface area contributed by atoms with Gasteiger partial charge >= 0.3 is 0 Å². The summed E-state index contributed by atoms with van der Waals surface area (Å²) < 4.78 is 4.76. The molecule has 0 amide bonds. The quantitative estimate of drug-likeness (QED) is 0.230. The molecule has 0 spiro atoms. The number of nitrogens with zero attached hydrogens (tertiary/aromatic N) is 2. The lowest BCUT2D eigenvalue weighted by Crippen LogP contribution is -2.33. The van der Waals surface area contributed by atoms with E-state index >= 15 is 0 Å². The second-order valence-corrected chi connectivity index (χ2v) is 10.4. The summed E-state index contributed by atoms with van der Waals surface area (Å²) in [5, 5.41) is 0. The first kappa shape index (κ1) is 22.5. The van der Waals surface area contributed by atoms with Crippen molar-refractivity contribution < 1.29 is 4.57 Å². The minimum Gasteiger partial charge on any atom is -0.194 e. The van der Waals surface area contributed by atoms with Gasteiger partial charge in [0.05, 0.1) is 4.90 Å². The molecule has 5 aromatic rings. The molecule has 0 bridgehead atoms. The van der Waals surface area contributed by atoms with E-state index in [0.717, 1.165) is 0 Å². The maximum atomic E-state index is 2.41. The van der Waals surface area contributed by atoms with Crippen molar-refractivity contribution in [2.75, 3.05) is 0 Å². The molecule has 1 heterocycles. The van der Waals surface area contributed by atoms with Gasteiger partial charge in [-0.2, -0.15) is 9.13 Å². The second-order valence-electron chi connectivity index (χ2n) is 9.32. The van der Waals surface area contributed by atoms with Crippen LogP contribution < -0.4 is 4.57 Å². The summed E-state index contributed by atoms with van der Waals surface area (Å²) >= 11 is 1.81. The number of hydrogen-bond acceptors (Lipinski definition) is 1. The van der Waals surface area contributed by atoms with Crippen molar-refractivity contribution in [3.05, 3.63) is 115 Å². The van der Waals surface area contributed by atoms with Crippen LogP contribution in [-0.4, -0.2) is 4.57 Å². The molecule has 0 aliphatic heterocycles. The molecule has 0 fully saturated rings. The summed E-state index contributed by atoms with van der Waals surface area (Å²) in [6.45, 7) is 9.14. The third-order valence-electron chi connectivity index (χ3n) is 6.31. The third kappa shape index (κ3) is 4.17. The van der Waals surface area contributed by atoms with E-state index in [1.807, 2.05) is 11.8 Å². The summed E-state index contributed by atoms with van der Waals surface area (Å²) in [6.07, 6.45) is 2.28. The highest BCUT2D eigenvalue weighted by Gasteiger charge is 2.26. The Morgan fingerprint density at radius 1 is 0.647 bits per heavy atom. The Labute approximate surface area is 206 Å². The van der Waals surface area contributed by atoms with Gasteiger partial charge in [-0.15, -0.1) is 0 Å². The summed E-state index contributed by atoms with van der Waals surface area (Å²) in [5.41, 5.74) is 7.70. The lowest BCUT2D eigenvalue weighted by molar-refractivity contribution is -0.569. The van der Waals surface area contributed by atoms with Crippen LogP contribution in [0, 0.1) is 0 Å². The lowest BCUT2D eigenvalue weighted by Gasteiger charge is -2.16. The van der Waals surface area contributed by atoms with E-state index in [-0.39, 0.29) is 0 Å². The summed E-state index contributed by atoms with van der Waals surface area (Å²) in [6, 6.07) is 34.8. The number of benzene rings is 4. The number of fused-ring (bicyclic) bond motifs is 1. The normalized spacial score (nSPS) is 11.6. The zero-order valence-corrected chi connectivity index (χ0v) is 21.1. The van der Waals surface area contributed by atoms with Crippen LogP contribution in [0.2, 0.25) is 0 Å². The van der Waals surface area contributed by atoms with Gasteiger partial charge in [0.2, 0.25) is 0 Å². The zero-order chi connectivity index (χ0) is 23.7. The van der Waals surface area contributed by atoms with Gasteiger partial charge in [-0.05, 0) is 48.2 Å². The van der Waals surface area contributed by atoms with Gasteiger partial charge in [-0.25, -0.2) is 0 Å². The Morgan fingerprint density at radius 3 is 1.97 bits per heavy atom. The number of para-hydroxylation sites is 4. The van der Waals surface area contributed by atoms with E-state index in [1.54, 1.807) is 0 Å². The fraction of sp³-hybridized carbons (Fsp3) is 0.194. The smallest absolute Gasteiger partial charge is 0.194 e. The highest BCUT2D eigenvalue weighted by atomic mass is 32.2. The Balaban J connectivity index is 1.75. The molecule has 1 aromatic heterocycles. The minimum absolute atomic E-state index is 0.434. The first-order valence-corrected chi connectivity index (χ1v) is 12.8.